The lowest BCUT2D eigenvalue weighted by Crippen LogP contribution is -2.32. The van der Waals surface area contributed by atoms with Crippen LogP contribution in [0, 0.1) is 0 Å². The summed E-state index contributed by atoms with van der Waals surface area (Å²) in [7, 11) is 0. The van der Waals surface area contributed by atoms with Crippen molar-refractivity contribution in [3.05, 3.63) is 78.0 Å². The third-order valence-electron chi connectivity index (χ3n) is 4.36. The third-order valence-corrected chi connectivity index (χ3v) is 4.36. The van der Waals surface area contributed by atoms with Gasteiger partial charge in [0.15, 0.2) is 0 Å². The molecule has 6 nitrogen and oxygen atoms in total. The first-order valence-electron chi connectivity index (χ1n) is 8.19. The summed E-state index contributed by atoms with van der Waals surface area (Å²) in [6.45, 7) is 0.0948. The fourth-order valence-electron chi connectivity index (χ4n) is 3.06. The average Bonchev–Trinajstić information content (AvgIpc) is 2.87. The van der Waals surface area contributed by atoms with Gasteiger partial charge in [0.2, 0.25) is 0 Å². The van der Waals surface area contributed by atoms with E-state index in [0.717, 1.165) is 26.3 Å². The number of urea groups is 1. The molecular formula is C20H15N3O3. The number of amides is 4. The second-order valence-corrected chi connectivity index (χ2v) is 6.04. The minimum atomic E-state index is -0.807. The summed E-state index contributed by atoms with van der Waals surface area (Å²) < 4.78 is 0. The highest BCUT2D eigenvalue weighted by Gasteiger charge is 2.44. The number of fused-ring (bicyclic) bond motifs is 1. The first kappa shape index (κ1) is 16.0. The number of rotatable bonds is 4. The molecule has 3 aromatic rings. The Kier molecular flexibility index (Phi) is 3.93. The minimum Gasteiger partial charge on any atom is -0.263 e. The SMILES string of the molecule is O=C1C(=O)N(Cc2cccc3cccnc23)C(=O)N1Cc1ccccc1. The fourth-order valence-corrected chi connectivity index (χ4v) is 3.06. The number of hydrogen-bond donors (Lipinski definition) is 0. The number of imide groups is 2. The van der Waals surface area contributed by atoms with Crippen LogP contribution in [0.25, 0.3) is 10.9 Å². The Morgan fingerprint density at radius 1 is 0.731 bits per heavy atom. The minimum absolute atomic E-state index is 0.0169. The van der Waals surface area contributed by atoms with Crippen LogP contribution in [0.5, 0.6) is 0 Å². The standard InChI is InChI=1S/C20H15N3O3/c24-18-19(25)23(20(26)22(18)12-14-6-2-1-3-7-14)13-16-9-4-8-15-10-5-11-21-17(15)16/h1-11H,12-13H2. The van der Waals surface area contributed by atoms with Crippen molar-refractivity contribution in [2.24, 2.45) is 0 Å². The van der Waals surface area contributed by atoms with Gasteiger partial charge in [0.05, 0.1) is 18.6 Å². The number of aromatic nitrogens is 1. The van der Waals surface area contributed by atoms with E-state index in [9.17, 15) is 14.4 Å². The largest absolute Gasteiger partial charge is 0.334 e. The second kappa shape index (κ2) is 6.40. The summed E-state index contributed by atoms with van der Waals surface area (Å²) in [6, 6.07) is 17.8. The lowest BCUT2D eigenvalue weighted by atomic mass is 10.1. The van der Waals surface area contributed by atoms with E-state index in [1.165, 1.54) is 0 Å². The number of carbonyl (C=O) groups is 3. The van der Waals surface area contributed by atoms with Crippen molar-refractivity contribution in [3.8, 4) is 0 Å². The first-order valence-corrected chi connectivity index (χ1v) is 8.19. The van der Waals surface area contributed by atoms with Crippen LogP contribution >= 0.6 is 0 Å². The smallest absolute Gasteiger partial charge is 0.263 e. The maximum atomic E-state index is 12.7. The van der Waals surface area contributed by atoms with Crippen molar-refractivity contribution in [3.63, 3.8) is 0 Å². The molecule has 0 bridgehead atoms. The van der Waals surface area contributed by atoms with Crippen LogP contribution in [0.15, 0.2) is 66.9 Å². The van der Waals surface area contributed by atoms with Crippen LogP contribution in [0.4, 0.5) is 4.79 Å². The van der Waals surface area contributed by atoms with Crippen LogP contribution in [0.3, 0.4) is 0 Å². The van der Waals surface area contributed by atoms with Crippen molar-refractivity contribution in [2.75, 3.05) is 0 Å². The van der Waals surface area contributed by atoms with Gasteiger partial charge in [-0.05, 0) is 17.2 Å². The Balaban J connectivity index is 1.62. The number of carbonyl (C=O) groups excluding carboxylic acids is 3. The van der Waals surface area contributed by atoms with Gasteiger partial charge in [0.25, 0.3) is 0 Å². The first-order chi connectivity index (χ1) is 12.6. The number of pyridine rings is 1. The predicted octanol–water partition coefficient (Wildman–Crippen LogP) is 2.73. The maximum absolute atomic E-state index is 12.7. The van der Waals surface area contributed by atoms with Gasteiger partial charge in [-0.2, -0.15) is 0 Å². The van der Waals surface area contributed by atoms with Gasteiger partial charge in [-0.3, -0.25) is 24.4 Å². The van der Waals surface area contributed by atoms with Crippen LogP contribution in [0.2, 0.25) is 0 Å². The zero-order valence-corrected chi connectivity index (χ0v) is 13.8. The molecular weight excluding hydrogens is 330 g/mol. The molecule has 4 rings (SSSR count). The number of hydrogen-bond acceptors (Lipinski definition) is 4. The third kappa shape index (κ3) is 2.71. The maximum Gasteiger partial charge on any atom is 0.334 e. The highest BCUT2D eigenvalue weighted by atomic mass is 16.2. The molecule has 0 aliphatic carbocycles. The molecule has 1 aliphatic heterocycles. The number of para-hydroxylation sites is 1. The summed E-state index contributed by atoms with van der Waals surface area (Å²) in [5.41, 5.74) is 2.22. The summed E-state index contributed by atoms with van der Waals surface area (Å²) in [6.07, 6.45) is 1.66. The van der Waals surface area contributed by atoms with Gasteiger partial charge >= 0.3 is 17.8 Å². The molecule has 4 amide bonds. The highest BCUT2D eigenvalue weighted by Crippen LogP contribution is 2.22. The van der Waals surface area contributed by atoms with Crippen LogP contribution in [0.1, 0.15) is 11.1 Å². The van der Waals surface area contributed by atoms with Crippen molar-refractivity contribution in [2.45, 2.75) is 13.1 Å². The molecule has 0 radical (unpaired) electrons. The summed E-state index contributed by atoms with van der Waals surface area (Å²) in [5.74, 6) is -1.61. The van der Waals surface area contributed by atoms with E-state index in [1.807, 2.05) is 54.6 Å². The van der Waals surface area contributed by atoms with E-state index in [1.54, 1.807) is 12.3 Å². The molecule has 0 N–H and O–H groups in total. The van der Waals surface area contributed by atoms with Crippen molar-refractivity contribution in [1.29, 1.82) is 0 Å². The Hall–Kier alpha value is -3.54. The normalized spacial score (nSPS) is 14.5. The van der Waals surface area contributed by atoms with Crippen molar-refractivity contribution < 1.29 is 14.4 Å². The lowest BCUT2D eigenvalue weighted by molar-refractivity contribution is -0.143. The van der Waals surface area contributed by atoms with E-state index < -0.39 is 17.8 Å². The molecule has 1 saturated heterocycles. The van der Waals surface area contributed by atoms with Crippen molar-refractivity contribution in [1.82, 2.24) is 14.8 Å². The molecule has 1 fully saturated rings. The molecule has 1 aliphatic rings. The molecule has 2 aromatic carbocycles. The molecule has 1 aromatic heterocycles. The number of nitrogens with zero attached hydrogens (tertiary/aromatic N) is 3. The lowest BCUT2D eigenvalue weighted by Gasteiger charge is -2.16. The predicted molar refractivity (Wildman–Crippen MR) is 94.7 cm³/mol. The fraction of sp³-hybridized carbons (Fsp3) is 0.100. The van der Waals surface area contributed by atoms with Gasteiger partial charge in [-0.25, -0.2) is 4.79 Å². The van der Waals surface area contributed by atoms with Crippen LogP contribution < -0.4 is 0 Å². The molecule has 6 heteroatoms. The zero-order valence-electron chi connectivity index (χ0n) is 13.8. The Labute approximate surface area is 149 Å². The molecule has 0 spiro atoms. The molecule has 0 saturated carbocycles. The zero-order chi connectivity index (χ0) is 18.1. The Morgan fingerprint density at radius 2 is 1.42 bits per heavy atom. The van der Waals surface area contributed by atoms with E-state index in [4.69, 9.17) is 0 Å². The van der Waals surface area contributed by atoms with E-state index in [0.29, 0.717) is 5.52 Å². The topological polar surface area (TPSA) is 70.6 Å². The van der Waals surface area contributed by atoms with Crippen molar-refractivity contribution >= 4 is 28.7 Å². The van der Waals surface area contributed by atoms with E-state index in [2.05, 4.69) is 4.98 Å². The molecule has 2 heterocycles. The summed E-state index contributed by atoms with van der Waals surface area (Å²) in [4.78, 5) is 43.6. The van der Waals surface area contributed by atoms with Gasteiger partial charge in [-0.15, -0.1) is 0 Å². The Bertz CT molecular complexity index is 1010. The molecule has 26 heavy (non-hydrogen) atoms. The van der Waals surface area contributed by atoms with E-state index in [-0.39, 0.29) is 13.1 Å². The van der Waals surface area contributed by atoms with Crippen LogP contribution in [-0.4, -0.2) is 32.6 Å². The van der Waals surface area contributed by atoms with Gasteiger partial charge < -0.3 is 0 Å². The monoisotopic (exact) mass is 345 g/mol. The van der Waals surface area contributed by atoms with Gasteiger partial charge in [-0.1, -0.05) is 54.6 Å². The quantitative estimate of drug-likeness (QED) is 0.538. The second-order valence-electron chi connectivity index (χ2n) is 6.04. The molecule has 128 valence electrons. The molecule has 0 atom stereocenters. The average molecular weight is 345 g/mol. The highest BCUT2D eigenvalue weighted by molar-refractivity contribution is 6.44. The Morgan fingerprint density at radius 3 is 2.19 bits per heavy atom. The number of benzene rings is 2. The summed E-state index contributed by atoms with van der Waals surface area (Å²) in [5, 5.41) is 0.913. The molecule has 0 unspecified atom stereocenters. The van der Waals surface area contributed by atoms with Crippen LogP contribution in [-0.2, 0) is 22.7 Å². The van der Waals surface area contributed by atoms with Gasteiger partial charge in [0, 0.05) is 11.6 Å². The summed E-state index contributed by atoms with van der Waals surface area (Å²) >= 11 is 0. The van der Waals surface area contributed by atoms with Gasteiger partial charge in [0.1, 0.15) is 0 Å². The van der Waals surface area contributed by atoms with E-state index >= 15 is 0 Å².